The molecule has 1 atom stereocenters. The summed E-state index contributed by atoms with van der Waals surface area (Å²) in [5.41, 5.74) is 1.03. The van der Waals surface area contributed by atoms with Crippen molar-refractivity contribution in [3.8, 4) is 11.4 Å². The maximum atomic E-state index is 11.8. The first kappa shape index (κ1) is 17.2. The summed E-state index contributed by atoms with van der Waals surface area (Å²) in [6.45, 7) is 2.13. The normalized spacial score (nSPS) is 18.5. The third kappa shape index (κ3) is 3.55. The Bertz CT molecular complexity index is 772. The Morgan fingerprint density at radius 2 is 2.17 bits per heavy atom. The summed E-state index contributed by atoms with van der Waals surface area (Å²) < 4.78 is 9.27. The quantitative estimate of drug-likeness (QED) is 0.612. The number of carbonyl (C=O) groups is 1. The molecule has 3 rings (SSSR count). The van der Waals surface area contributed by atoms with Gasteiger partial charge in [0.25, 0.3) is 0 Å². The van der Waals surface area contributed by atoms with Crippen molar-refractivity contribution < 1.29 is 9.53 Å². The van der Waals surface area contributed by atoms with Crippen molar-refractivity contribution in [2.75, 3.05) is 26.0 Å². The molecule has 1 aromatic carbocycles. The molecule has 6 nitrogen and oxygen atoms in total. The zero-order valence-electron chi connectivity index (χ0n) is 13.7. The van der Waals surface area contributed by atoms with E-state index < -0.39 is 0 Å². The summed E-state index contributed by atoms with van der Waals surface area (Å²) in [4.78, 5) is 13.9. The van der Waals surface area contributed by atoms with Crippen LogP contribution in [-0.2, 0) is 23.2 Å². The van der Waals surface area contributed by atoms with Gasteiger partial charge in [-0.05, 0) is 12.2 Å². The van der Waals surface area contributed by atoms with Crippen LogP contribution in [0.2, 0.25) is 0 Å². The average molecular weight is 364 g/mol. The SMILES string of the molecule is COC(=O)[C@H]1CN(Cn2nc(-c3ccccc3)n(C)c2=S)CCS1. The number of rotatable bonds is 4. The Morgan fingerprint density at radius 3 is 2.88 bits per heavy atom. The monoisotopic (exact) mass is 364 g/mol. The first-order valence-corrected chi connectivity index (χ1v) is 9.17. The minimum atomic E-state index is -0.167. The van der Waals surface area contributed by atoms with E-state index in [-0.39, 0.29) is 11.2 Å². The number of hydrogen-bond donors (Lipinski definition) is 0. The smallest absolute Gasteiger partial charge is 0.320 e. The maximum Gasteiger partial charge on any atom is 0.320 e. The summed E-state index contributed by atoms with van der Waals surface area (Å²) in [7, 11) is 3.36. The molecule has 0 spiro atoms. The Kier molecular flexibility index (Phi) is 5.37. The van der Waals surface area contributed by atoms with E-state index in [1.807, 2.05) is 46.6 Å². The molecule has 128 valence electrons. The lowest BCUT2D eigenvalue weighted by molar-refractivity contribution is -0.140. The van der Waals surface area contributed by atoms with E-state index in [1.54, 1.807) is 11.8 Å². The minimum absolute atomic E-state index is 0.143. The van der Waals surface area contributed by atoms with Crippen LogP contribution >= 0.6 is 24.0 Å². The first-order valence-electron chi connectivity index (χ1n) is 7.71. The van der Waals surface area contributed by atoms with E-state index in [1.165, 1.54) is 7.11 Å². The van der Waals surface area contributed by atoms with Gasteiger partial charge in [-0.1, -0.05) is 30.3 Å². The topological polar surface area (TPSA) is 52.3 Å². The molecule has 0 aliphatic carbocycles. The van der Waals surface area contributed by atoms with E-state index in [4.69, 9.17) is 17.0 Å². The van der Waals surface area contributed by atoms with Crippen molar-refractivity contribution >= 4 is 29.9 Å². The molecule has 0 saturated carbocycles. The Labute approximate surface area is 150 Å². The number of nitrogens with zero attached hydrogens (tertiary/aromatic N) is 4. The molecule has 1 aliphatic heterocycles. The second kappa shape index (κ2) is 7.50. The molecule has 1 aliphatic rings. The van der Waals surface area contributed by atoms with Gasteiger partial charge >= 0.3 is 5.97 Å². The van der Waals surface area contributed by atoms with Crippen molar-refractivity contribution in [3.63, 3.8) is 0 Å². The average Bonchev–Trinajstić information content (AvgIpc) is 2.90. The summed E-state index contributed by atoms with van der Waals surface area (Å²) in [6.07, 6.45) is 0. The fourth-order valence-electron chi connectivity index (χ4n) is 2.71. The van der Waals surface area contributed by atoms with Gasteiger partial charge in [0.2, 0.25) is 0 Å². The fourth-order valence-corrected chi connectivity index (χ4v) is 4.09. The molecule has 1 fully saturated rings. The van der Waals surface area contributed by atoms with Crippen LogP contribution in [-0.4, -0.2) is 56.4 Å². The minimum Gasteiger partial charge on any atom is -0.468 e. The Morgan fingerprint density at radius 1 is 1.42 bits per heavy atom. The van der Waals surface area contributed by atoms with Crippen LogP contribution in [0.1, 0.15) is 0 Å². The highest BCUT2D eigenvalue weighted by Crippen LogP contribution is 2.21. The molecule has 1 aromatic heterocycles. The van der Waals surface area contributed by atoms with Crippen LogP contribution in [0.3, 0.4) is 0 Å². The zero-order chi connectivity index (χ0) is 17.1. The molecule has 24 heavy (non-hydrogen) atoms. The summed E-state index contributed by atoms with van der Waals surface area (Å²) in [6, 6.07) is 9.99. The number of methoxy groups -OCH3 is 1. The number of aromatic nitrogens is 3. The summed E-state index contributed by atoms with van der Waals surface area (Å²) in [5.74, 6) is 1.57. The molecule has 2 heterocycles. The number of hydrogen-bond acceptors (Lipinski definition) is 6. The molecular weight excluding hydrogens is 344 g/mol. The number of carbonyl (C=O) groups excluding carboxylic acids is 1. The van der Waals surface area contributed by atoms with Gasteiger partial charge in [-0.15, -0.1) is 11.8 Å². The van der Waals surface area contributed by atoms with Crippen molar-refractivity contribution in [2.45, 2.75) is 11.9 Å². The molecular formula is C16H20N4O2S2. The van der Waals surface area contributed by atoms with Gasteiger partial charge in [-0.25, -0.2) is 4.68 Å². The molecule has 0 radical (unpaired) electrons. The fraction of sp³-hybridized carbons (Fsp3) is 0.438. The molecule has 8 heteroatoms. The number of thioether (sulfide) groups is 1. The van der Waals surface area contributed by atoms with E-state index >= 15 is 0 Å². The predicted molar refractivity (Wildman–Crippen MR) is 97.3 cm³/mol. The highest BCUT2D eigenvalue weighted by atomic mass is 32.2. The molecule has 1 saturated heterocycles. The molecule has 0 bridgehead atoms. The highest BCUT2D eigenvalue weighted by Gasteiger charge is 2.27. The van der Waals surface area contributed by atoms with E-state index in [0.29, 0.717) is 18.0 Å². The Hall–Kier alpha value is -1.64. The second-order valence-corrected chi connectivity index (χ2v) is 7.31. The zero-order valence-corrected chi connectivity index (χ0v) is 15.3. The molecule has 0 amide bonds. The van der Waals surface area contributed by atoms with Gasteiger partial charge in [0.15, 0.2) is 10.6 Å². The lowest BCUT2D eigenvalue weighted by Crippen LogP contribution is -2.42. The number of ether oxygens (including phenoxy) is 1. The van der Waals surface area contributed by atoms with E-state index in [9.17, 15) is 4.79 Å². The van der Waals surface area contributed by atoms with E-state index in [0.717, 1.165) is 23.7 Å². The maximum absolute atomic E-state index is 11.8. The molecule has 2 aromatic rings. The number of esters is 1. The third-order valence-electron chi connectivity index (χ3n) is 4.02. The predicted octanol–water partition coefficient (Wildman–Crippen LogP) is 2.17. The van der Waals surface area contributed by atoms with Crippen molar-refractivity contribution in [3.05, 3.63) is 35.1 Å². The van der Waals surface area contributed by atoms with Crippen LogP contribution in [0.4, 0.5) is 0 Å². The second-order valence-electron chi connectivity index (χ2n) is 5.63. The Balaban J connectivity index is 1.79. The van der Waals surface area contributed by atoms with Gasteiger partial charge in [0.1, 0.15) is 5.25 Å². The van der Waals surface area contributed by atoms with E-state index in [2.05, 4.69) is 10.00 Å². The molecule has 0 N–H and O–H groups in total. The van der Waals surface area contributed by atoms with Crippen LogP contribution in [0.15, 0.2) is 30.3 Å². The van der Waals surface area contributed by atoms with Crippen molar-refractivity contribution in [2.24, 2.45) is 7.05 Å². The summed E-state index contributed by atoms with van der Waals surface area (Å²) >= 11 is 7.17. The van der Waals surface area contributed by atoms with Gasteiger partial charge < -0.3 is 9.30 Å². The van der Waals surface area contributed by atoms with Gasteiger partial charge in [0, 0.05) is 31.5 Å². The highest BCUT2D eigenvalue weighted by molar-refractivity contribution is 8.00. The van der Waals surface area contributed by atoms with Gasteiger partial charge in [0.05, 0.1) is 13.8 Å². The van der Waals surface area contributed by atoms with Gasteiger partial charge in [-0.2, -0.15) is 5.10 Å². The summed E-state index contributed by atoms with van der Waals surface area (Å²) in [5, 5.41) is 4.53. The molecule has 0 unspecified atom stereocenters. The lowest BCUT2D eigenvalue weighted by atomic mass is 10.2. The third-order valence-corrected chi connectivity index (χ3v) is 5.67. The van der Waals surface area contributed by atoms with Gasteiger partial charge in [-0.3, -0.25) is 9.69 Å². The van der Waals surface area contributed by atoms with Crippen molar-refractivity contribution in [1.29, 1.82) is 0 Å². The van der Waals surface area contributed by atoms with Crippen molar-refractivity contribution in [1.82, 2.24) is 19.2 Å². The number of benzene rings is 1. The van der Waals surface area contributed by atoms with Crippen LogP contribution in [0, 0.1) is 4.77 Å². The first-order chi connectivity index (χ1) is 11.6. The largest absolute Gasteiger partial charge is 0.468 e. The standard InChI is InChI=1S/C16H20N4O2S2/c1-18-14(12-6-4-3-5-7-12)17-20(16(18)23)11-19-8-9-24-13(10-19)15(21)22-2/h3-7,13H,8-11H2,1-2H3/t13-/m1/s1. The van der Waals surface area contributed by atoms with Crippen LogP contribution in [0.5, 0.6) is 0 Å². The lowest BCUT2D eigenvalue weighted by Gasteiger charge is -2.30. The van der Waals surface area contributed by atoms with Crippen LogP contribution in [0.25, 0.3) is 11.4 Å². The van der Waals surface area contributed by atoms with Crippen LogP contribution < -0.4 is 0 Å².